The fourth-order valence-corrected chi connectivity index (χ4v) is 3.39. The van der Waals surface area contributed by atoms with Crippen molar-refractivity contribution in [1.29, 1.82) is 0 Å². The van der Waals surface area contributed by atoms with Crippen LogP contribution >= 0.6 is 11.3 Å². The van der Waals surface area contributed by atoms with Crippen molar-refractivity contribution >= 4 is 28.2 Å². The van der Waals surface area contributed by atoms with Crippen LogP contribution in [0, 0.1) is 13.8 Å². The maximum absolute atomic E-state index is 12.4. The third-order valence-corrected chi connectivity index (χ3v) is 4.85. The first-order valence-corrected chi connectivity index (χ1v) is 9.32. The van der Waals surface area contributed by atoms with Crippen LogP contribution in [-0.4, -0.2) is 16.7 Å². The summed E-state index contributed by atoms with van der Waals surface area (Å²) in [5, 5.41) is 5.24. The molecule has 1 amide bonds. The lowest BCUT2D eigenvalue weighted by Gasteiger charge is -2.06. The number of carbonyl (C=O) groups excluding carboxylic acids is 2. The van der Waals surface area contributed by atoms with E-state index in [1.807, 2.05) is 67.8 Å². The Morgan fingerprint density at radius 1 is 1.04 bits per heavy atom. The van der Waals surface area contributed by atoms with Gasteiger partial charge in [-0.2, -0.15) is 0 Å². The summed E-state index contributed by atoms with van der Waals surface area (Å²) in [6, 6.07) is 15.6. The highest BCUT2D eigenvalue weighted by atomic mass is 32.1. The van der Waals surface area contributed by atoms with E-state index >= 15 is 0 Å². The van der Waals surface area contributed by atoms with Gasteiger partial charge in [0.25, 0.3) is 0 Å². The number of anilines is 1. The van der Waals surface area contributed by atoms with Gasteiger partial charge in [-0.25, -0.2) is 4.98 Å². The number of amides is 1. The number of carbonyl (C=O) groups is 2. The second-order valence-corrected chi connectivity index (χ2v) is 7.05. The van der Waals surface area contributed by atoms with Crippen molar-refractivity contribution in [3.8, 4) is 11.3 Å². The molecule has 0 saturated heterocycles. The van der Waals surface area contributed by atoms with Crippen LogP contribution in [0.25, 0.3) is 11.3 Å². The molecule has 2 aromatic carbocycles. The molecule has 132 valence electrons. The van der Waals surface area contributed by atoms with E-state index < -0.39 is 0 Å². The summed E-state index contributed by atoms with van der Waals surface area (Å²) in [5.41, 5.74) is 4.51. The number of nitrogens with zero attached hydrogens (tertiary/aromatic N) is 1. The second kappa shape index (κ2) is 8.06. The Bertz CT molecular complexity index is 932. The monoisotopic (exact) mass is 364 g/mol. The average Bonchev–Trinajstić information content (AvgIpc) is 3.11. The quantitative estimate of drug-likeness (QED) is 0.624. The van der Waals surface area contributed by atoms with Crippen LogP contribution in [0.1, 0.15) is 34.3 Å². The van der Waals surface area contributed by atoms with E-state index in [0.717, 1.165) is 22.4 Å². The number of ketones is 1. The summed E-state index contributed by atoms with van der Waals surface area (Å²) >= 11 is 1.38. The van der Waals surface area contributed by atoms with Crippen LogP contribution in [0.15, 0.2) is 53.9 Å². The topological polar surface area (TPSA) is 59.1 Å². The lowest BCUT2D eigenvalue weighted by molar-refractivity contribution is -0.116. The molecular weight excluding hydrogens is 344 g/mol. The highest BCUT2D eigenvalue weighted by molar-refractivity contribution is 7.14. The molecule has 0 aliphatic heterocycles. The molecule has 0 atom stereocenters. The summed E-state index contributed by atoms with van der Waals surface area (Å²) in [7, 11) is 0. The molecule has 3 rings (SSSR count). The van der Waals surface area contributed by atoms with Crippen molar-refractivity contribution in [2.75, 3.05) is 5.32 Å². The van der Waals surface area contributed by atoms with Crippen LogP contribution in [0.2, 0.25) is 0 Å². The largest absolute Gasteiger partial charge is 0.302 e. The van der Waals surface area contributed by atoms with Gasteiger partial charge in [0.2, 0.25) is 5.91 Å². The van der Waals surface area contributed by atoms with E-state index in [0.29, 0.717) is 10.7 Å². The number of rotatable bonds is 6. The molecule has 0 fully saturated rings. The maximum atomic E-state index is 12.4. The molecule has 0 spiro atoms. The number of benzene rings is 2. The predicted octanol–water partition coefficient (Wildman–Crippen LogP) is 5.03. The molecule has 0 aliphatic rings. The van der Waals surface area contributed by atoms with E-state index in [9.17, 15) is 9.59 Å². The van der Waals surface area contributed by atoms with Gasteiger partial charge in [-0.1, -0.05) is 48.0 Å². The van der Waals surface area contributed by atoms with Gasteiger partial charge in [-0.3, -0.25) is 9.59 Å². The van der Waals surface area contributed by atoms with Gasteiger partial charge in [-0.15, -0.1) is 11.3 Å². The number of aromatic nitrogens is 1. The van der Waals surface area contributed by atoms with Gasteiger partial charge < -0.3 is 5.32 Å². The molecule has 0 bridgehead atoms. The fourth-order valence-electron chi connectivity index (χ4n) is 2.65. The Morgan fingerprint density at radius 3 is 2.58 bits per heavy atom. The molecule has 5 heteroatoms. The van der Waals surface area contributed by atoms with Crippen molar-refractivity contribution in [2.45, 2.75) is 26.7 Å². The third-order valence-electron chi connectivity index (χ3n) is 4.09. The lowest BCUT2D eigenvalue weighted by atomic mass is 9.99. The van der Waals surface area contributed by atoms with E-state index in [4.69, 9.17) is 0 Å². The zero-order valence-electron chi connectivity index (χ0n) is 14.8. The maximum Gasteiger partial charge on any atom is 0.226 e. The van der Waals surface area contributed by atoms with Gasteiger partial charge in [0.15, 0.2) is 10.9 Å². The van der Waals surface area contributed by atoms with Crippen LogP contribution in [0.4, 0.5) is 5.13 Å². The number of hydrogen-bond acceptors (Lipinski definition) is 4. The number of thiazole rings is 1. The minimum atomic E-state index is -0.197. The average molecular weight is 364 g/mol. The fraction of sp³-hybridized carbons (Fsp3) is 0.190. The molecule has 3 aromatic rings. The third kappa shape index (κ3) is 4.43. The summed E-state index contributed by atoms with van der Waals surface area (Å²) in [6.07, 6.45) is 0.333. The Labute approximate surface area is 156 Å². The minimum absolute atomic E-state index is 0.00883. The zero-order valence-corrected chi connectivity index (χ0v) is 15.6. The van der Waals surface area contributed by atoms with Gasteiger partial charge in [0.05, 0.1) is 5.69 Å². The molecule has 1 heterocycles. The normalized spacial score (nSPS) is 10.5. The van der Waals surface area contributed by atoms with E-state index in [1.165, 1.54) is 11.3 Å². The molecule has 1 aromatic heterocycles. The summed E-state index contributed by atoms with van der Waals surface area (Å²) in [4.78, 5) is 29.0. The van der Waals surface area contributed by atoms with Crippen molar-refractivity contribution in [3.63, 3.8) is 0 Å². The van der Waals surface area contributed by atoms with Gasteiger partial charge >= 0.3 is 0 Å². The zero-order chi connectivity index (χ0) is 18.5. The van der Waals surface area contributed by atoms with Gasteiger partial charge in [-0.05, 0) is 25.5 Å². The van der Waals surface area contributed by atoms with E-state index in [1.54, 1.807) is 0 Å². The Kier molecular flexibility index (Phi) is 5.58. The van der Waals surface area contributed by atoms with Gasteiger partial charge in [0, 0.05) is 29.3 Å². The number of nitrogens with one attached hydrogen (secondary N) is 1. The van der Waals surface area contributed by atoms with E-state index in [-0.39, 0.29) is 24.5 Å². The molecular formula is C21H20N2O2S. The first-order valence-electron chi connectivity index (χ1n) is 8.44. The van der Waals surface area contributed by atoms with Crippen molar-refractivity contribution in [1.82, 2.24) is 4.98 Å². The molecule has 0 radical (unpaired) electrons. The highest BCUT2D eigenvalue weighted by Crippen LogP contribution is 2.24. The van der Waals surface area contributed by atoms with E-state index in [2.05, 4.69) is 10.3 Å². The molecule has 0 saturated carbocycles. The molecule has 1 N–H and O–H groups in total. The number of aryl methyl sites for hydroxylation is 2. The Balaban J connectivity index is 1.57. The van der Waals surface area contributed by atoms with Crippen LogP contribution in [-0.2, 0) is 4.79 Å². The summed E-state index contributed by atoms with van der Waals surface area (Å²) < 4.78 is 0. The lowest BCUT2D eigenvalue weighted by Crippen LogP contribution is -2.13. The first-order chi connectivity index (χ1) is 12.5. The highest BCUT2D eigenvalue weighted by Gasteiger charge is 2.13. The molecule has 26 heavy (non-hydrogen) atoms. The minimum Gasteiger partial charge on any atom is -0.302 e. The first kappa shape index (κ1) is 18.0. The number of Topliss-reactive ketones (excluding diaryl/α,β-unsaturated/α-hetero) is 1. The summed E-state index contributed by atoms with van der Waals surface area (Å²) in [6.45, 7) is 3.86. The Hall–Kier alpha value is -2.79. The standard InChI is InChI=1S/C21H20N2O2S/c1-14-8-9-15(2)17(12-14)19(24)10-11-20(25)23-21-22-18(13-26-21)16-6-4-3-5-7-16/h3-9,12-13H,10-11H2,1-2H3,(H,22,23,25). The second-order valence-electron chi connectivity index (χ2n) is 6.19. The SMILES string of the molecule is Cc1ccc(C)c(C(=O)CCC(=O)Nc2nc(-c3ccccc3)cs2)c1. The predicted molar refractivity (Wildman–Crippen MR) is 106 cm³/mol. The summed E-state index contributed by atoms with van der Waals surface area (Å²) in [5.74, 6) is -0.205. The molecule has 0 aliphatic carbocycles. The van der Waals surface area contributed by atoms with Gasteiger partial charge in [0.1, 0.15) is 0 Å². The van der Waals surface area contributed by atoms with Crippen molar-refractivity contribution < 1.29 is 9.59 Å². The molecule has 0 unspecified atom stereocenters. The van der Waals surface area contributed by atoms with Crippen molar-refractivity contribution in [3.05, 3.63) is 70.6 Å². The van der Waals surface area contributed by atoms with Crippen molar-refractivity contribution in [2.24, 2.45) is 0 Å². The smallest absolute Gasteiger partial charge is 0.226 e. The molecule has 4 nitrogen and oxygen atoms in total. The Morgan fingerprint density at radius 2 is 1.81 bits per heavy atom. The van der Waals surface area contributed by atoms with Crippen LogP contribution in [0.5, 0.6) is 0 Å². The number of hydrogen-bond donors (Lipinski definition) is 1. The van der Waals surface area contributed by atoms with Crippen LogP contribution < -0.4 is 5.32 Å². The van der Waals surface area contributed by atoms with Crippen LogP contribution in [0.3, 0.4) is 0 Å².